The Balaban J connectivity index is 1.07. The molecule has 0 saturated heterocycles. The molecule has 10 heteroatoms. The van der Waals surface area contributed by atoms with E-state index < -0.39 is 5.97 Å². The minimum atomic E-state index is -1.03. The molecule has 4 aromatic rings. The number of rotatable bonds is 8. The van der Waals surface area contributed by atoms with Crippen LogP contribution < -0.4 is 4.74 Å². The van der Waals surface area contributed by atoms with Gasteiger partial charge in [0.25, 0.3) is 0 Å². The van der Waals surface area contributed by atoms with E-state index in [-0.39, 0.29) is 23.6 Å². The van der Waals surface area contributed by atoms with Gasteiger partial charge in [-0.15, -0.1) is 0 Å². The Morgan fingerprint density at radius 3 is 2.54 bits per heavy atom. The average Bonchev–Trinajstić information content (AvgIpc) is 3.87. The third kappa shape index (κ3) is 4.84. The number of aromatic nitrogens is 2. The zero-order valence-electron chi connectivity index (χ0n) is 22.1. The van der Waals surface area contributed by atoms with Crippen LogP contribution in [0, 0.1) is 11.8 Å². The minimum absolute atomic E-state index is 0.0670. The molecule has 0 bridgehead atoms. The number of carboxylic acid groups (broad SMARTS) is 1. The van der Waals surface area contributed by atoms with Gasteiger partial charge in [-0.1, -0.05) is 64.2 Å². The average molecular weight is 611 g/mol. The second-order valence-electron chi connectivity index (χ2n) is 11.1. The van der Waals surface area contributed by atoms with Crippen molar-refractivity contribution in [3.63, 3.8) is 0 Å². The number of benzene rings is 3. The van der Waals surface area contributed by atoms with Crippen molar-refractivity contribution in [2.75, 3.05) is 6.61 Å². The molecule has 7 nitrogen and oxygen atoms in total. The second kappa shape index (κ2) is 10.2. The lowest BCUT2D eigenvalue weighted by molar-refractivity contribution is 0.0340. The summed E-state index contributed by atoms with van der Waals surface area (Å²) in [5, 5.41) is 20.4. The van der Waals surface area contributed by atoms with Crippen molar-refractivity contribution in [3.05, 3.63) is 92.0 Å². The first-order chi connectivity index (χ1) is 19.8. The summed E-state index contributed by atoms with van der Waals surface area (Å²) >= 11 is 19.8. The van der Waals surface area contributed by atoms with Crippen molar-refractivity contribution in [2.24, 2.45) is 24.0 Å². The van der Waals surface area contributed by atoms with Crippen LogP contribution in [0.5, 0.6) is 5.75 Å². The van der Waals surface area contributed by atoms with Crippen LogP contribution in [0.4, 0.5) is 0 Å². The van der Waals surface area contributed by atoms with E-state index in [1.165, 1.54) is 0 Å². The molecule has 0 amide bonds. The van der Waals surface area contributed by atoms with Crippen LogP contribution in [0.15, 0.2) is 59.8 Å². The monoisotopic (exact) mass is 609 g/mol. The van der Waals surface area contributed by atoms with Gasteiger partial charge in [0.2, 0.25) is 0 Å². The number of aromatic carboxylic acids is 1. The topological polar surface area (TPSA) is 85.9 Å². The number of nitrogens with zero attached hydrogens (tertiary/aromatic N) is 3. The SMILES string of the molecule is Cn1nc(C(=O)O)c2ccc(C3CC3c3ccc(OCC4C(c5c(Cl)cccc5Cl)=NOC4C4CC4)cc3Cl)cc21. The lowest BCUT2D eigenvalue weighted by Gasteiger charge is -2.20. The van der Waals surface area contributed by atoms with Gasteiger partial charge in [0.1, 0.15) is 24.2 Å². The highest BCUT2D eigenvalue weighted by molar-refractivity contribution is 6.40. The van der Waals surface area contributed by atoms with E-state index in [4.69, 9.17) is 44.4 Å². The Morgan fingerprint density at radius 2 is 1.83 bits per heavy atom. The summed E-state index contributed by atoms with van der Waals surface area (Å²) in [5.41, 5.74) is 4.52. The number of hydrogen-bond donors (Lipinski definition) is 1. The molecule has 7 rings (SSSR count). The molecule has 1 aliphatic heterocycles. The van der Waals surface area contributed by atoms with Gasteiger partial charge >= 0.3 is 5.97 Å². The van der Waals surface area contributed by atoms with Crippen molar-refractivity contribution >= 4 is 57.4 Å². The molecule has 3 aliphatic rings. The molecule has 4 unspecified atom stereocenters. The van der Waals surface area contributed by atoms with Gasteiger partial charge in [0.05, 0.1) is 21.5 Å². The molecule has 1 N–H and O–H groups in total. The third-order valence-corrected chi connectivity index (χ3v) is 9.38. The molecule has 0 radical (unpaired) electrons. The normalized spacial score (nSPS) is 23.4. The Labute approximate surface area is 251 Å². The molecule has 41 heavy (non-hydrogen) atoms. The summed E-state index contributed by atoms with van der Waals surface area (Å²) in [6.45, 7) is 0.367. The summed E-state index contributed by atoms with van der Waals surface area (Å²) in [4.78, 5) is 17.4. The number of hydrogen-bond acceptors (Lipinski definition) is 5. The standard InChI is InChI=1S/C31H26Cl3N3O4/c1-37-26-11-16(7-9-19(26)29(35-37)31(38)39)20-13-21(20)18-10-8-17(12-25(18)34)40-14-22-28(36-41-30(22)15-5-6-15)27-23(32)3-2-4-24(27)33/h2-4,7-12,15,20-22,30H,5-6,13-14H2,1H3,(H,38,39). The van der Waals surface area contributed by atoms with Crippen molar-refractivity contribution < 1.29 is 19.5 Å². The molecular formula is C31H26Cl3N3O4. The molecule has 2 saturated carbocycles. The summed E-state index contributed by atoms with van der Waals surface area (Å²) in [7, 11) is 1.76. The van der Waals surface area contributed by atoms with Crippen LogP contribution in [0.2, 0.25) is 15.1 Å². The number of fused-ring (bicyclic) bond motifs is 1. The number of carboxylic acids is 1. The number of ether oxygens (including phenoxy) is 1. The second-order valence-corrected chi connectivity index (χ2v) is 12.3. The summed E-state index contributed by atoms with van der Waals surface area (Å²) in [6.07, 6.45) is 3.12. The minimum Gasteiger partial charge on any atom is -0.493 e. The van der Waals surface area contributed by atoms with Gasteiger partial charge < -0.3 is 14.7 Å². The van der Waals surface area contributed by atoms with E-state index in [1.807, 2.05) is 42.5 Å². The molecule has 3 aromatic carbocycles. The number of oxime groups is 1. The van der Waals surface area contributed by atoms with E-state index in [2.05, 4.69) is 10.3 Å². The Hall–Kier alpha value is -3.26. The van der Waals surface area contributed by atoms with Crippen molar-refractivity contribution in [1.82, 2.24) is 9.78 Å². The number of carbonyl (C=O) groups is 1. The quantitative estimate of drug-likeness (QED) is 0.221. The predicted molar refractivity (Wildman–Crippen MR) is 159 cm³/mol. The van der Waals surface area contributed by atoms with Crippen LogP contribution in [0.3, 0.4) is 0 Å². The van der Waals surface area contributed by atoms with Crippen LogP contribution in [0.1, 0.15) is 58.3 Å². The lowest BCUT2D eigenvalue weighted by Crippen LogP contribution is -2.31. The maximum Gasteiger partial charge on any atom is 0.357 e. The van der Waals surface area contributed by atoms with Gasteiger partial charge in [-0.25, -0.2) is 4.79 Å². The van der Waals surface area contributed by atoms with Crippen LogP contribution in [-0.2, 0) is 11.9 Å². The molecule has 2 aliphatic carbocycles. The highest BCUT2D eigenvalue weighted by atomic mass is 35.5. The largest absolute Gasteiger partial charge is 0.493 e. The smallest absolute Gasteiger partial charge is 0.357 e. The van der Waals surface area contributed by atoms with E-state index in [0.29, 0.717) is 50.2 Å². The predicted octanol–water partition coefficient (Wildman–Crippen LogP) is 7.71. The number of halogens is 3. The highest BCUT2D eigenvalue weighted by Crippen LogP contribution is 2.56. The molecule has 2 heterocycles. The van der Waals surface area contributed by atoms with Crippen LogP contribution in [-0.4, -0.2) is 39.3 Å². The van der Waals surface area contributed by atoms with Crippen molar-refractivity contribution in [1.29, 1.82) is 0 Å². The van der Waals surface area contributed by atoms with E-state index >= 15 is 0 Å². The van der Waals surface area contributed by atoms with Crippen LogP contribution in [0.25, 0.3) is 10.9 Å². The molecule has 4 atom stereocenters. The summed E-state index contributed by atoms with van der Waals surface area (Å²) in [5.74, 6) is 0.589. The molecular weight excluding hydrogens is 585 g/mol. The number of aryl methyl sites for hydroxylation is 1. The van der Waals surface area contributed by atoms with Crippen molar-refractivity contribution in [3.8, 4) is 5.75 Å². The van der Waals surface area contributed by atoms with Gasteiger partial charge in [-0.2, -0.15) is 5.10 Å². The van der Waals surface area contributed by atoms with E-state index in [1.54, 1.807) is 23.9 Å². The maximum atomic E-state index is 11.5. The zero-order valence-corrected chi connectivity index (χ0v) is 24.3. The first kappa shape index (κ1) is 26.6. The van der Waals surface area contributed by atoms with Gasteiger partial charge in [-0.3, -0.25) is 4.68 Å². The van der Waals surface area contributed by atoms with Gasteiger partial charge in [0, 0.05) is 23.0 Å². The first-order valence-corrected chi connectivity index (χ1v) is 14.7. The third-order valence-electron chi connectivity index (χ3n) is 8.42. The summed E-state index contributed by atoms with van der Waals surface area (Å²) in [6, 6.07) is 17.2. The zero-order chi connectivity index (χ0) is 28.4. The Morgan fingerprint density at radius 1 is 1.05 bits per heavy atom. The molecule has 0 spiro atoms. The maximum absolute atomic E-state index is 11.5. The fourth-order valence-electron chi connectivity index (χ4n) is 6.06. The van der Waals surface area contributed by atoms with Gasteiger partial charge in [0.15, 0.2) is 5.69 Å². The van der Waals surface area contributed by atoms with Crippen LogP contribution >= 0.6 is 34.8 Å². The van der Waals surface area contributed by atoms with E-state index in [0.717, 1.165) is 41.6 Å². The first-order valence-electron chi connectivity index (χ1n) is 13.6. The highest BCUT2D eigenvalue weighted by Gasteiger charge is 2.46. The lowest BCUT2D eigenvalue weighted by atomic mass is 9.90. The molecule has 1 aromatic heterocycles. The Bertz CT molecular complexity index is 1710. The fourth-order valence-corrected chi connectivity index (χ4v) is 6.96. The summed E-state index contributed by atoms with van der Waals surface area (Å²) < 4.78 is 7.89. The Kier molecular flexibility index (Phi) is 6.64. The molecule has 2 fully saturated rings. The molecule has 210 valence electrons. The fraction of sp³-hybridized carbons (Fsp3) is 0.323. The van der Waals surface area contributed by atoms with Crippen molar-refractivity contribution in [2.45, 2.75) is 37.2 Å². The van der Waals surface area contributed by atoms with Gasteiger partial charge in [-0.05, 0) is 78.5 Å². The van der Waals surface area contributed by atoms with E-state index in [9.17, 15) is 9.90 Å².